The number of anilines is 3. The zero-order valence-corrected chi connectivity index (χ0v) is 12.8. The minimum Gasteiger partial charge on any atom is -0.397 e. The summed E-state index contributed by atoms with van der Waals surface area (Å²) in [5.74, 6) is 0.473. The molecule has 0 saturated heterocycles. The molecule has 2 aromatic carbocycles. The van der Waals surface area contributed by atoms with Gasteiger partial charge >= 0.3 is 0 Å². The van der Waals surface area contributed by atoms with Gasteiger partial charge in [-0.1, -0.05) is 26.0 Å². The Morgan fingerprint density at radius 3 is 2.68 bits per heavy atom. The molecule has 3 aromatic rings. The lowest BCUT2D eigenvalue weighted by Gasteiger charge is -2.13. The number of imidazole rings is 1. The molecule has 112 valence electrons. The highest BCUT2D eigenvalue weighted by atomic mass is 15.0. The van der Waals surface area contributed by atoms with E-state index in [1.807, 2.05) is 41.1 Å². The second-order valence-electron chi connectivity index (χ2n) is 5.65. The minimum atomic E-state index is 0.473. The lowest BCUT2D eigenvalue weighted by Crippen LogP contribution is -1.99. The molecule has 0 atom stereocenters. The van der Waals surface area contributed by atoms with Crippen LogP contribution in [-0.2, 0) is 0 Å². The number of aromatic nitrogens is 2. The number of hydrogen-bond donors (Lipinski definition) is 2. The van der Waals surface area contributed by atoms with Gasteiger partial charge in [0.1, 0.15) is 0 Å². The summed E-state index contributed by atoms with van der Waals surface area (Å²) in [4.78, 5) is 4.08. The topological polar surface area (TPSA) is 55.9 Å². The molecule has 0 saturated carbocycles. The molecule has 0 unspecified atom stereocenters. The Kier molecular flexibility index (Phi) is 3.83. The third-order valence-corrected chi connectivity index (χ3v) is 3.67. The molecule has 3 rings (SSSR count). The first-order chi connectivity index (χ1) is 10.6. The zero-order chi connectivity index (χ0) is 15.5. The van der Waals surface area contributed by atoms with Gasteiger partial charge in [0.05, 0.1) is 17.7 Å². The van der Waals surface area contributed by atoms with Gasteiger partial charge in [0.15, 0.2) is 0 Å². The summed E-state index contributed by atoms with van der Waals surface area (Å²) >= 11 is 0. The van der Waals surface area contributed by atoms with Crippen LogP contribution >= 0.6 is 0 Å². The number of hydrogen-bond acceptors (Lipinski definition) is 3. The molecule has 22 heavy (non-hydrogen) atoms. The van der Waals surface area contributed by atoms with Gasteiger partial charge in [-0.25, -0.2) is 4.98 Å². The molecule has 0 aliphatic heterocycles. The van der Waals surface area contributed by atoms with Crippen LogP contribution in [0.25, 0.3) is 5.69 Å². The quantitative estimate of drug-likeness (QED) is 0.704. The number of nitrogens with two attached hydrogens (primary N) is 1. The first kappa shape index (κ1) is 14.2. The molecule has 0 amide bonds. The molecular formula is C18H20N4. The van der Waals surface area contributed by atoms with Gasteiger partial charge in [-0.15, -0.1) is 0 Å². The van der Waals surface area contributed by atoms with Gasteiger partial charge < -0.3 is 15.6 Å². The van der Waals surface area contributed by atoms with E-state index in [4.69, 9.17) is 5.73 Å². The summed E-state index contributed by atoms with van der Waals surface area (Å²) in [6.45, 7) is 4.33. The van der Waals surface area contributed by atoms with E-state index in [2.05, 4.69) is 36.3 Å². The van der Waals surface area contributed by atoms with Crippen molar-refractivity contribution in [1.82, 2.24) is 9.55 Å². The Hall–Kier alpha value is -2.75. The van der Waals surface area contributed by atoms with Crippen molar-refractivity contribution in [3.05, 3.63) is 66.7 Å². The van der Waals surface area contributed by atoms with Crippen molar-refractivity contribution in [3.63, 3.8) is 0 Å². The van der Waals surface area contributed by atoms with Gasteiger partial charge in [-0.2, -0.15) is 0 Å². The molecule has 1 heterocycles. The van der Waals surface area contributed by atoms with E-state index in [0.29, 0.717) is 5.92 Å². The fourth-order valence-electron chi connectivity index (χ4n) is 2.37. The predicted octanol–water partition coefficient (Wildman–Crippen LogP) is 4.32. The first-order valence-corrected chi connectivity index (χ1v) is 7.38. The largest absolute Gasteiger partial charge is 0.397 e. The highest BCUT2D eigenvalue weighted by molar-refractivity contribution is 5.74. The van der Waals surface area contributed by atoms with Gasteiger partial charge in [0.25, 0.3) is 0 Å². The van der Waals surface area contributed by atoms with Crippen LogP contribution in [0.15, 0.2) is 61.2 Å². The Balaban J connectivity index is 1.86. The maximum absolute atomic E-state index is 6.16. The van der Waals surface area contributed by atoms with Crippen LogP contribution < -0.4 is 11.1 Å². The van der Waals surface area contributed by atoms with Crippen molar-refractivity contribution in [2.75, 3.05) is 11.1 Å². The SMILES string of the molecule is CC(C)c1ccc(Nc2cccc(-n3ccnc3)c2)c(N)c1. The van der Waals surface area contributed by atoms with Crippen LogP contribution in [0.5, 0.6) is 0 Å². The molecule has 4 heteroatoms. The molecule has 0 fully saturated rings. The van der Waals surface area contributed by atoms with Crippen molar-refractivity contribution in [2.24, 2.45) is 0 Å². The monoisotopic (exact) mass is 292 g/mol. The van der Waals surface area contributed by atoms with Crippen LogP contribution in [0, 0.1) is 0 Å². The molecule has 0 bridgehead atoms. The molecule has 1 aromatic heterocycles. The van der Waals surface area contributed by atoms with Crippen LogP contribution in [0.2, 0.25) is 0 Å². The van der Waals surface area contributed by atoms with Crippen LogP contribution in [0.1, 0.15) is 25.3 Å². The summed E-state index contributed by atoms with van der Waals surface area (Å²) in [6, 6.07) is 14.3. The summed E-state index contributed by atoms with van der Waals surface area (Å²) < 4.78 is 1.97. The van der Waals surface area contributed by atoms with Crippen molar-refractivity contribution in [3.8, 4) is 5.69 Å². The Labute approximate surface area is 130 Å². The van der Waals surface area contributed by atoms with E-state index >= 15 is 0 Å². The maximum atomic E-state index is 6.16. The summed E-state index contributed by atoms with van der Waals surface area (Å²) in [7, 11) is 0. The smallest absolute Gasteiger partial charge is 0.0991 e. The maximum Gasteiger partial charge on any atom is 0.0991 e. The highest BCUT2D eigenvalue weighted by Gasteiger charge is 2.05. The highest BCUT2D eigenvalue weighted by Crippen LogP contribution is 2.27. The molecule has 0 aliphatic carbocycles. The second kappa shape index (κ2) is 5.93. The molecule has 0 radical (unpaired) electrons. The van der Waals surface area contributed by atoms with E-state index in [0.717, 1.165) is 22.7 Å². The van der Waals surface area contributed by atoms with Crippen molar-refractivity contribution < 1.29 is 0 Å². The average Bonchev–Trinajstić information content (AvgIpc) is 3.04. The van der Waals surface area contributed by atoms with Gasteiger partial charge in [-0.05, 0) is 41.8 Å². The van der Waals surface area contributed by atoms with E-state index < -0.39 is 0 Å². The summed E-state index contributed by atoms with van der Waals surface area (Å²) in [5.41, 5.74) is 11.1. The number of benzene rings is 2. The predicted molar refractivity (Wildman–Crippen MR) is 91.8 cm³/mol. The Morgan fingerprint density at radius 1 is 1.14 bits per heavy atom. The van der Waals surface area contributed by atoms with Gasteiger partial charge in [0.2, 0.25) is 0 Å². The summed E-state index contributed by atoms with van der Waals surface area (Å²) in [5, 5.41) is 3.38. The van der Waals surface area contributed by atoms with Crippen molar-refractivity contribution >= 4 is 17.1 Å². The third-order valence-electron chi connectivity index (χ3n) is 3.67. The molecule has 4 nitrogen and oxygen atoms in total. The third kappa shape index (κ3) is 2.96. The Morgan fingerprint density at radius 2 is 2.00 bits per heavy atom. The van der Waals surface area contributed by atoms with Crippen molar-refractivity contribution in [1.29, 1.82) is 0 Å². The van der Waals surface area contributed by atoms with Crippen LogP contribution in [0.4, 0.5) is 17.1 Å². The zero-order valence-electron chi connectivity index (χ0n) is 12.8. The lowest BCUT2D eigenvalue weighted by atomic mass is 10.0. The first-order valence-electron chi connectivity index (χ1n) is 7.38. The molecule has 0 spiro atoms. The fraction of sp³-hybridized carbons (Fsp3) is 0.167. The lowest BCUT2D eigenvalue weighted by molar-refractivity contribution is 0.867. The average molecular weight is 292 g/mol. The molecular weight excluding hydrogens is 272 g/mol. The number of rotatable bonds is 4. The standard InChI is InChI=1S/C18H20N4/c1-13(2)14-6-7-18(17(19)10-14)21-15-4-3-5-16(11-15)22-9-8-20-12-22/h3-13,21H,19H2,1-2H3. The van der Waals surface area contributed by atoms with Gasteiger partial charge in [-0.3, -0.25) is 0 Å². The molecule has 0 aliphatic rings. The number of nitrogens with zero attached hydrogens (tertiary/aromatic N) is 2. The van der Waals surface area contributed by atoms with Crippen molar-refractivity contribution in [2.45, 2.75) is 19.8 Å². The number of nitrogens with one attached hydrogen (secondary N) is 1. The van der Waals surface area contributed by atoms with E-state index in [9.17, 15) is 0 Å². The van der Waals surface area contributed by atoms with E-state index in [-0.39, 0.29) is 0 Å². The number of nitrogen functional groups attached to an aromatic ring is 1. The Bertz CT molecular complexity index is 761. The molecule has 3 N–H and O–H groups in total. The normalized spacial score (nSPS) is 10.9. The minimum absolute atomic E-state index is 0.473. The van der Waals surface area contributed by atoms with Gasteiger partial charge in [0, 0.05) is 23.8 Å². The second-order valence-corrected chi connectivity index (χ2v) is 5.65. The summed E-state index contributed by atoms with van der Waals surface area (Å²) in [6.07, 6.45) is 5.47. The van der Waals surface area contributed by atoms with Crippen LogP contribution in [-0.4, -0.2) is 9.55 Å². The van der Waals surface area contributed by atoms with Crippen LogP contribution in [0.3, 0.4) is 0 Å². The fourth-order valence-corrected chi connectivity index (χ4v) is 2.37. The van der Waals surface area contributed by atoms with E-state index in [1.165, 1.54) is 5.56 Å². The van der Waals surface area contributed by atoms with E-state index in [1.54, 1.807) is 12.5 Å².